The predicted octanol–water partition coefficient (Wildman–Crippen LogP) is 4.09. The molecule has 0 fully saturated rings. The van der Waals surface area contributed by atoms with Gasteiger partial charge in [-0.15, -0.1) is 0 Å². The van der Waals surface area contributed by atoms with Crippen LogP contribution >= 0.6 is 15.9 Å². The third kappa shape index (κ3) is 4.07. The van der Waals surface area contributed by atoms with Gasteiger partial charge in [0, 0.05) is 16.5 Å². The molecule has 0 bridgehead atoms. The van der Waals surface area contributed by atoms with Gasteiger partial charge in [-0.1, -0.05) is 29.8 Å². The summed E-state index contributed by atoms with van der Waals surface area (Å²) >= 11 is 3.52. The molecule has 0 saturated carbocycles. The molecular weight excluding hydrogens is 289 g/mol. The van der Waals surface area contributed by atoms with Crippen LogP contribution < -0.4 is 0 Å². The Morgan fingerprint density at radius 3 is 2.65 bits per heavy atom. The van der Waals surface area contributed by atoms with Gasteiger partial charge in [-0.05, 0) is 30.9 Å². The summed E-state index contributed by atoms with van der Waals surface area (Å²) in [6.45, 7) is 4.14. The monoisotopic (exact) mass is 303 g/mol. The van der Waals surface area contributed by atoms with Crippen molar-refractivity contribution < 1.29 is 9.31 Å². The van der Waals surface area contributed by atoms with Gasteiger partial charge in [-0.3, -0.25) is 10.1 Å². The van der Waals surface area contributed by atoms with E-state index in [1.807, 2.05) is 0 Å². The van der Waals surface area contributed by atoms with Gasteiger partial charge >= 0.3 is 0 Å². The Morgan fingerprint density at radius 2 is 2.12 bits per heavy atom. The molecule has 0 aromatic heterocycles. The molecular formula is C12H15BrFNO2. The van der Waals surface area contributed by atoms with Crippen LogP contribution in [0.2, 0.25) is 0 Å². The number of nitrogens with zero attached hydrogens (tertiary/aromatic N) is 1. The Bertz CT molecular complexity index is 409. The van der Waals surface area contributed by atoms with Crippen molar-refractivity contribution in [2.45, 2.75) is 31.5 Å². The van der Waals surface area contributed by atoms with E-state index in [0.29, 0.717) is 17.9 Å². The van der Waals surface area contributed by atoms with E-state index in [0.717, 1.165) is 12.5 Å². The lowest BCUT2D eigenvalue weighted by atomic mass is 10.0. The summed E-state index contributed by atoms with van der Waals surface area (Å²) in [6, 6.07) is 3.59. The molecule has 0 saturated heterocycles. The summed E-state index contributed by atoms with van der Waals surface area (Å²) in [6.07, 6.45) is 1.25. The lowest BCUT2D eigenvalue weighted by Gasteiger charge is -2.13. The first-order valence-corrected chi connectivity index (χ1v) is 6.40. The molecule has 1 atom stereocenters. The van der Waals surface area contributed by atoms with Gasteiger partial charge < -0.3 is 0 Å². The van der Waals surface area contributed by atoms with E-state index in [1.54, 1.807) is 0 Å². The van der Waals surface area contributed by atoms with E-state index in [4.69, 9.17) is 0 Å². The van der Waals surface area contributed by atoms with Crippen LogP contribution in [0.4, 0.5) is 10.1 Å². The molecule has 0 aliphatic heterocycles. The summed E-state index contributed by atoms with van der Waals surface area (Å²) in [5.74, 6) is 0.0175. The third-order valence-corrected chi connectivity index (χ3v) is 4.17. The summed E-state index contributed by atoms with van der Waals surface area (Å²) in [4.78, 5) is 10.6. The van der Waals surface area contributed by atoms with Crippen molar-refractivity contribution in [3.63, 3.8) is 0 Å². The SMILES string of the molecule is CC(C)C(Br)CCc1cc(F)ccc1[N+](=O)[O-]. The predicted molar refractivity (Wildman–Crippen MR) is 68.9 cm³/mol. The second-order valence-corrected chi connectivity index (χ2v) is 5.50. The van der Waals surface area contributed by atoms with Gasteiger partial charge in [-0.25, -0.2) is 4.39 Å². The van der Waals surface area contributed by atoms with Crippen molar-refractivity contribution in [1.82, 2.24) is 0 Å². The van der Waals surface area contributed by atoms with Crippen LogP contribution in [0, 0.1) is 21.8 Å². The zero-order valence-electron chi connectivity index (χ0n) is 9.82. The molecule has 0 spiro atoms. The number of benzene rings is 1. The van der Waals surface area contributed by atoms with Gasteiger partial charge in [0.15, 0.2) is 0 Å². The molecule has 5 heteroatoms. The highest BCUT2D eigenvalue weighted by Crippen LogP contribution is 2.24. The van der Waals surface area contributed by atoms with Crippen LogP contribution in [0.5, 0.6) is 0 Å². The van der Waals surface area contributed by atoms with Crippen molar-refractivity contribution in [2.75, 3.05) is 0 Å². The van der Waals surface area contributed by atoms with Crippen molar-refractivity contribution in [2.24, 2.45) is 5.92 Å². The number of alkyl halides is 1. The molecule has 0 heterocycles. The summed E-state index contributed by atoms with van der Waals surface area (Å²) in [5.41, 5.74) is 0.454. The van der Waals surface area contributed by atoms with Crippen LogP contribution in [0.15, 0.2) is 18.2 Å². The molecule has 94 valence electrons. The van der Waals surface area contributed by atoms with E-state index in [9.17, 15) is 14.5 Å². The summed E-state index contributed by atoms with van der Waals surface area (Å²) in [7, 11) is 0. The molecule has 0 N–H and O–H groups in total. The average molecular weight is 304 g/mol. The van der Waals surface area contributed by atoms with Gasteiger partial charge in [-0.2, -0.15) is 0 Å². The first-order valence-electron chi connectivity index (χ1n) is 5.48. The Labute approximate surface area is 108 Å². The topological polar surface area (TPSA) is 43.1 Å². The highest BCUT2D eigenvalue weighted by molar-refractivity contribution is 9.09. The lowest BCUT2D eigenvalue weighted by molar-refractivity contribution is -0.385. The molecule has 1 unspecified atom stereocenters. The maximum Gasteiger partial charge on any atom is 0.272 e. The Balaban J connectivity index is 2.82. The highest BCUT2D eigenvalue weighted by Gasteiger charge is 2.16. The number of hydrogen-bond donors (Lipinski definition) is 0. The van der Waals surface area contributed by atoms with E-state index in [2.05, 4.69) is 29.8 Å². The fraction of sp³-hybridized carbons (Fsp3) is 0.500. The third-order valence-electron chi connectivity index (χ3n) is 2.65. The molecule has 3 nitrogen and oxygen atoms in total. The van der Waals surface area contributed by atoms with E-state index < -0.39 is 10.7 Å². The van der Waals surface area contributed by atoms with E-state index in [1.165, 1.54) is 12.1 Å². The number of aryl methyl sites for hydroxylation is 1. The summed E-state index contributed by atoms with van der Waals surface area (Å²) in [5, 5.41) is 10.8. The molecule has 0 radical (unpaired) electrons. The number of rotatable bonds is 5. The fourth-order valence-corrected chi connectivity index (χ4v) is 1.79. The van der Waals surface area contributed by atoms with Crippen molar-refractivity contribution in [3.8, 4) is 0 Å². The minimum Gasteiger partial charge on any atom is -0.258 e. The van der Waals surface area contributed by atoms with Crippen molar-refractivity contribution in [3.05, 3.63) is 39.7 Å². The number of hydrogen-bond acceptors (Lipinski definition) is 2. The fourth-order valence-electron chi connectivity index (χ4n) is 1.56. The molecule has 1 aromatic rings. The van der Waals surface area contributed by atoms with Crippen LogP contribution in [0.25, 0.3) is 0 Å². The minimum absolute atomic E-state index is 0.00476. The second-order valence-electron chi connectivity index (χ2n) is 4.33. The maximum atomic E-state index is 13.1. The molecule has 1 aromatic carbocycles. The van der Waals surface area contributed by atoms with Crippen LogP contribution in [0.1, 0.15) is 25.8 Å². The average Bonchev–Trinajstić information content (AvgIpc) is 2.25. The number of halogens is 2. The standard InChI is InChI=1S/C12H15BrFNO2/c1-8(2)11(13)5-3-9-7-10(14)4-6-12(9)15(16)17/h4,6-8,11H,3,5H2,1-2H3. The van der Waals surface area contributed by atoms with Gasteiger partial charge in [0.2, 0.25) is 0 Å². The highest BCUT2D eigenvalue weighted by atomic mass is 79.9. The van der Waals surface area contributed by atoms with Gasteiger partial charge in [0.25, 0.3) is 5.69 Å². The van der Waals surface area contributed by atoms with Crippen LogP contribution in [-0.2, 0) is 6.42 Å². The molecule has 17 heavy (non-hydrogen) atoms. The van der Waals surface area contributed by atoms with E-state index in [-0.39, 0.29) is 10.5 Å². The first kappa shape index (κ1) is 14.1. The maximum absolute atomic E-state index is 13.1. The number of nitro groups is 1. The van der Waals surface area contributed by atoms with Crippen molar-refractivity contribution in [1.29, 1.82) is 0 Å². The first-order chi connectivity index (χ1) is 7.91. The largest absolute Gasteiger partial charge is 0.272 e. The van der Waals surface area contributed by atoms with Crippen LogP contribution in [-0.4, -0.2) is 9.75 Å². The smallest absolute Gasteiger partial charge is 0.258 e. The number of nitro benzene ring substituents is 1. The van der Waals surface area contributed by atoms with Crippen molar-refractivity contribution >= 4 is 21.6 Å². The molecule has 0 amide bonds. The normalized spacial score (nSPS) is 12.8. The molecule has 1 rings (SSSR count). The molecule has 0 aliphatic rings. The molecule has 0 aliphatic carbocycles. The zero-order valence-corrected chi connectivity index (χ0v) is 11.4. The Hall–Kier alpha value is -0.970. The second kappa shape index (κ2) is 6.10. The lowest BCUT2D eigenvalue weighted by Crippen LogP contribution is -2.09. The summed E-state index contributed by atoms with van der Waals surface area (Å²) < 4.78 is 13.1. The Kier molecular flexibility index (Phi) is 5.05. The quantitative estimate of drug-likeness (QED) is 0.467. The van der Waals surface area contributed by atoms with Gasteiger partial charge in [0.1, 0.15) is 5.82 Å². The zero-order chi connectivity index (χ0) is 13.0. The Morgan fingerprint density at radius 1 is 1.47 bits per heavy atom. The minimum atomic E-state index is -0.465. The van der Waals surface area contributed by atoms with Gasteiger partial charge in [0.05, 0.1) is 4.92 Å². The van der Waals surface area contributed by atoms with Crippen LogP contribution in [0.3, 0.4) is 0 Å². The van der Waals surface area contributed by atoms with E-state index >= 15 is 0 Å².